The molecule has 1 N–H and O–H groups in total. The summed E-state index contributed by atoms with van der Waals surface area (Å²) in [5.74, 6) is 2.63. The third-order valence-corrected chi connectivity index (χ3v) is 14.9. The average Bonchev–Trinajstić information content (AvgIpc) is 3.60. The fraction of sp³-hybridized carbons (Fsp3) is 0.580. The summed E-state index contributed by atoms with van der Waals surface area (Å²) in [6.45, 7) is 11.1. The molecule has 0 spiro atoms. The Hall–Kier alpha value is -3.33. The van der Waals surface area contributed by atoms with E-state index >= 15 is 0 Å². The lowest BCUT2D eigenvalue weighted by Crippen LogP contribution is -2.63. The first kappa shape index (κ1) is 41.8. The lowest BCUT2D eigenvalue weighted by atomic mass is 9.43. The van der Waals surface area contributed by atoms with E-state index in [9.17, 15) is 9.90 Å². The van der Waals surface area contributed by atoms with Gasteiger partial charge < -0.3 is 28.8 Å². The lowest BCUT2D eigenvalue weighted by molar-refractivity contribution is -0.251. The van der Waals surface area contributed by atoms with Crippen molar-refractivity contribution < 1.29 is 33.6 Å². The van der Waals surface area contributed by atoms with Gasteiger partial charge >= 0.3 is 5.97 Å². The molecular formula is C50H66O7. The number of carbonyl (C=O) groups is 1. The fourth-order valence-corrected chi connectivity index (χ4v) is 12.0. The maximum Gasteiger partial charge on any atom is 0.338 e. The number of ether oxygens (including phenoxy) is 5. The van der Waals surface area contributed by atoms with Gasteiger partial charge in [0, 0.05) is 6.61 Å². The van der Waals surface area contributed by atoms with Gasteiger partial charge in [-0.15, -0.1) is 0 Å². The van der Waals surface area contributed by atoms with Crippen molar-refractivity contribution in [2.24, 2.45) is 52.3 Å². The van der Waals surface area contributed by atoms with Crippen LogP contribution in [0.5, 0.6) is 0 Å². The number of aliphatic hydroxyl groups is 1. The number of hydrogen-bond donors (Lipinski definition) is 1. The van der Waals surface area contributed by atoms with Crippen LogP contribution in [0.2, 0.25) is 0 Å². The summed E-state index contributed by atoms with van der Waals surface area (Å²) in [6, 6.07) is 29.8. The second kappa shape index (κ2) is 19.2. The predicted molar refractivity (Wildman–Crippen MR) is 223 cm³/mol. The third kappa shape index (κ3) is 9.44. The molecule has 3 aromatic carbocycles. The molecule has 0 aromatic heterocycles. The first-order chi connectivity index (χ1) is 27.7. The number of carbonyl (C=O) groups excluding carboxylic acids is 1. The normalized spacial score (nSPS) is 33.2. The minimum Gasteiger partial charge on any atom is -0.456 e. The maximum absolute atomic E-state index is 13.6. The molecule has 7 nitrogen and oxygen atoms in total. The van der Waals surface area contributed by atoms with E-state index in [0.717, 1.165) is 43.2 Å². The fourth-order valence-electron chi connectivity index (χ4n) is 12.0. The highest BCUT2D eigenvalue weighted by Gasteiger charge is 2.65. The molecule has 0 radical (unpaired) electrons. The van der Waals surface area contributed by atoms with Crippen molar-refractivity contribution in [1.29, 1.82) is 0 Å². The zero-order chi connectivity index (χ0) is 39.8. The minimum absolute atomic E-state index is 0.00672. The van der Waals surface area contributed by atoms with E-state index in [-0.39, 0.29) is 61.0 Å². The van der Waals surface area contributed by atoms with Crippen molar-refractivity contribution in [3.05, 3.63) is 120 Å². The van der Waals surface area contributed by atoms with Gasteiger partial charge in [-0.25, -0.2) is 4.79 Å². The highest BCUT2D eigenvalue weighted by Crippen LogP contribution is 2.69. The van der Waals surface area contributed by atoms with Gasteiger partial charge in [-0.3, -0.25) is 0 Å². The standard InChI is InChI=1S/C50H66O7/c1-35(30-51)15-14-16-36(2)40-23-24-41-46-42(25-27-49(40,41)3)50(4)28-26-44(57-48(52)39-21-12-7-13-22-39)47(56-34-54-32-38-19-10-6-11-20-38)43(50)29-45(46)55-33-53-31-37-17-8-5-9-18-37/h5-15,17-22,35-36,40-47,51H,16,23-34H2,1-4H3/b15-14-/t35-,36+,40+,41-,42-,43-,44+,45+,46-,47+,49+,50+/m0/s1. The van der Waals surface area contributed by atoms with Gasteiger partial charge in [0.2, 0.25) is 0 Å². The molecule has 0 aliphatic heterocycles. The molecule has 3 aromatic rings. The quantitative estimate of drug-likeness (QED) is 0.0632. The van der Waals surface area contributed by atoms with E-state index in [4.69, 9.17) is 23.7 Å². The van der Waals surface area contributed by atoms with Crippen molar-refractivity contribution in [3.8, 4) is 0 Å². The summed E-state index contributed by atoms with van der Waals surface area (Å²) in [5.41, 5.74) is 3.01. The van der Waals surface area contributed by atoms with Crippen LogP contribution in [0.1, 0.15) is 101 Å². The first-order valence-electron chi connectivity index (χ1n) is 21.7. The number of esters is 1. The smallest absolute Gasteiger partial charge is 0.338 e. The van der Waals surface area contributed by atoms with E-state index < -0.39 is 6.10 Å². The maximum atomic E-state index is 13.6. The topological polar surface area (TPSA) is 83.5 Å². The van der Waals surface area contributed by atoms with Crippen molar-refractivity contribution in [3.63, 3.8) is 0 Å². The summed E-state index contributed by atoms with van der Waals surface area (Å²) < 4.78 is 32.6. The van der Waals surface area contributed by atoms with E-state index in [1.165, 1.54) is 19.3 Å². The second-order valence-corrected chi connectivity index (χ2v) is 18.3. The van der Waals surface area contributed by atoms with Gasteiger partial charge in [0.05, 0.1) is 24.9 Å². The molecule has 0 bridgehead atoms. The van der Waals surface area contributed by atoms with Gasteiger partial charge in [-0.05, 0) is 127 Å². The van der Waals surface area contributed by atoms with Crippen molar-refractivity contribution in [2.45, 2.75) is 111 Å². The molecule has 4 fully saturated rings. The molecule has 0 unspecified atom stereocenters. The molecule has 12 atom stereocenters. The summed E-state index contributed by atoms with van der Waals surface area (Å²) in [5, 5.41) is 9.59. The Bertz CT molecular complexity index is 1720. The number of benzene rings is 3. The van der Waals surface area contributed by atoms with Gasteiger partial charge in [0.25, 0.3) is 0 Å². The van der Waals surface area contributed by atoms with Crippen molar-refractivity contribution >= 4 is 5.97 Å². The zero-order valence-corrected chi connectivity index (χ0v) is 34.7. The van der Waals surface area contributed by atoms with E-state index in [2.05, 4.69) is 64.1 Å². The molecule has 0 heterocycles. The summed E-state index contributed by atoms with van der Waals surface area (Å²) in [6.07, 6.45) is 12.2. The third-order valence-electron chi connectivity index (χ3n) is 14.9. The van der Waals surface area contributed by atoms with Gasteiger partial charge in [0.15, 0.2) is 0 Å². The first-order valence-corrected chi connectivity index (χ1v) is 21.7. The van der Waals surface area contributed by atoms with Gasteiger partial charge in [-0.2, -0.15) is 0 Å². The number of hydrogen-bond acceptors (Lipinski definition) is 7. The Morgan fingerprint density at radius 1 is 0.737 bits per heavy atom. The van der Waals surface area contributed by atoms with Crippen LogP contribution in [0.4, 0.5) is 0 Å². The molecule has 7 rings (SSSR count). The van der Waals surface area contributed by atoms with Crippen LogP contribution < -0.4 is 0 Å². The molecule has 4 aliphatic carbocycles. The summed E-state index contributed by atoms with van der Waals surface area (Å²) in [4.78, 5) is 13.6. The lowest BCUT2D eigenvalue weighted by Gasteiger charge is -2.64. The van der Waals surface area contributed by atoms with Gasteiger partial charge in [-0.1, -0.05) is 119 Å². The predicted octanol–water partition coefficient (Wildman–Crippen LogP) is 10.4. The van der Waals surface area contributed by atoms with Crippen LogP contribution in [-0.2, 0) is 36.9 Å². The SMILES string of the molecule is C[C@H](C/C=C\[C@H](C)CO)[C@H]1CC[C@H]2[C@@H]3[C@H](OCOCc4ccccc4)C[C@H]4[C@@H](OCOCc5ccccc5)[C@H](OC(=O)c5ccccc5)CC[C@]4(C)[C@H]3CC[C@]12C. The number of rotatable bonds is 17. The van der Waals surface area contributed by atoms with E-state index in [1.807, 2.05) is 66.7 Å². The van der Waals surface area contributed by atoms with Crippen LogP contribution in [0.25, 0.3) is 0 Å². The minimum atomic E-state index is -0.394. The number of allylic oxidation sites excluding steroid dienone is 1. The van der Waals surface area contributed by atoms with Crippen molar-refractivity contribution in [1.82, 2.24) is 0 Å². The van der Waals surface area contributed by atoms with E-state index in [0.29, 0.717) is 48.4 Å². The molecule has 4 aliphatic rings. The summed E-state index contributed by atoms with van der Waals surface area (Å²) >= 11 is 0. The Morgan fingerprint density at radius 3 is 1.98 bits per heavy atom. The van der Waals surface area contributed by atoms with Gasteiger partial charge in [0.1, 0.15) is 25.8 Å². The number of aliphatic hydroxyl groups excluding tert-OH is 1. The van der Waals surface area contributed by atoms with Crippen LogP contribution in [0, 0.1) is 52.3 Å². The molecular weight excluding hydrogens is 713 g/mol. The molecule has 0 amide bonds. The molecule has 308 valence electrons. The second-order valence-electron chi connectivity index (χ2n) is 18.3. The monoisotopic (exact) mass is 778 g/mol. The highest BCUT2D eigenvalue weighted by molar-refractivity contribution is 5.89. The largest absolute Gasteiger partial charge is 0.456 e. The van der Waals surface area contributed by atoms with E-state index in [1.54, 1.807) is 0 Å². The Kier molecular flexibility index (Phi) is 14.1. The highest BCUT2D eigenvalue weighted by atomic mass is 16.7. The molecule has 7 heteroatoms. The Labute approximate surface area is 341 Å². The van der Waals surface area contributed by atoms with Crippen LogP contribution in [-0.4, -0.2) is 49.6 Å². The summed E-state index contributed by atoms with van der Waals surface area (Å²) in [7, 11) is 0. The van der Waals surface area contributed by atoms with Crippen LogP contribution in [0.3, 0.4) is 0 Å². The van der Waals surface area contributed by atoms with Crippen LogP contribution in [0.15, 0.2) is 103 Å². The number of fused-ring (bicyclic) bond motifs is 5. The molecule has 4 saturated carbocycles. The molecule has 0 saturated heterocycles. The molecule has 57 heavy (non-hydrogen) atoms. The Morgan fingerprint density at radius 2 is 1.33 bits per heavy atom. The zero-order valence-electron chi connectivity index (χ0n) is 34.7. The van der Waals surface area contributed by atoms with Crippen molar-refractivity contribution in [2.75, 3.05) is 20.2 Å². The Balaban J connectivity index is 1.14. The van der Waals surface area contributed by atoms with Crippen LogP contribution >= 0.6 is 0 Å². The average molecular weight is 779 g/mol.